The van der Waals surface area contributed by atoms with Crippen molar-refractivity contribution < 1.29 is 13.9 Å². The molecule has 0 radical (unpaired) electrons. The van der Waals surface area contributed by atoms with Gasteiger partial charge in [-0.1, -0.05) is 30.7 Å². The Morgan fingerprint density at radius 1 is 1.14 bits per heavy atom. The van der Waals surface area contributed by atoms with Crippen LogP contribution in [0.3, 0.4) is 0 Å². The Morgan fingerprint density at radius 3 is 2.69 bits per heavy atom. The van der Waals surface area contributed by atoms with Crippen LogP contribution >= 0.6 is 0 Å². The molecule has 2 aliphatic heterocycles. The van der Waals surface area contributed by atoms with Gasteiger partial charge >= 0.3 is 0 Å². The van der Waals surface area contributed by atoms with E-state index in [2.05, 4.69) is 4.90 Å². The van der Waals surface area contributed by atoms with Gasteiger partial charge in [0, 0.05) is 12.0 Å². The average molecular weight is 395 g/mol. The minimum absolute atomic E-state index is 0.0499. The number of likely N-dealkylation sites (tertiary alicyclic amines) is 1. The Hall–Kier alpha value is -2.73. The fraction of sp³-hybridized carbons (Fsp3) is 0.391. The molecule has 0 aliphatic carbocycles. The van der Waals surface area contributed by atoms with E-state index in [1.54, 1.807) is 18.2 Å². The number of methoxy groups -OCH3 is 1. The predicted octanol–water partition coefficient (Wildman–Crippen LogP) is 4.00. The van der Waals surface area contributed by atoms with E-state index in [1.165, 1.54) is 18.6 Å². The topological polar surface area (TPSA) is 45.1 Å². The second-order valence-corrected chi connectivity index (χ2v) is 7.60. The van der Waals surface area contributed by atoms with E-state index in [0.29, 0.717) is 13.0 Å². The van der Waals surface area contributed by atoms with Crippen LogP contribution in [0.4, 0.5) is 4.39 Å². The summed E-state index contributed by atoms with van der Waals surface area (Å²) in [6, 6.07) is 13.8. The Morgan fingerprint density at radius 2 is 1.93 bits per heavy atom. The van der Waals surface area contributed by atoms with Crippen LogP contribution in [-0.4, -0.2) is 48.3 Å². The largest absolute Gasteiger partial charge is 0.496 e. The number of hydrogen-bond donors (Lipinski definition) is 0. The van der Waals surface area contributed by atoms with Crippen LogP contribution in [0.2, 0.25) is 0 Å². The van der Waals surface area contributed by atoms with Crippen LogP contribution in [0.1, 0.15) is 42.9 Å². The lowest BCUT2D eigenvalue weighted by atomic mass is 9.98. The smallest absolute Gasteiger partial charge is 0.257 e. The number of rotatable bonds is 5. The standard InChI is InChI=1S/C23H26FN3O2/c1-29-22-11-4-3-10-19(22)20-15-21(17-8-7-9-18(24)14-17)27(25-20)23(28)16-26-12-5-2-6-13-26/h3-4,7-11,14,21H,2,5-6,12-13,15-16H2,1H3/t21-/m0/s1. The zero-order chi connectivity index (χ0) is 20.2. The third-order valence-corrected chi connectivity index (χ3v) is 5.62. The summed E-state index contributed by atoms with van der Waals surface area (Å²) >= 11 is 0. The third-order valence-electron chi connectivity index (χ3n) is 5.62. The Labute approximate surface area is 170 Å². The Balaban J connectivity index is 1.64. The van der Waals surface area contributed by atoms with Gasteiger partial charge in [0.05, 0.1) is 25.4 Å². The van der Waals surface area contributed by atoms with Gasteiger partial charge in [-0.3, -0.25) is 9.69 Å². The van der Waals surface area contributed by atoms with Crippen molar-refractivity contribution in [2.24, 2.45) is 5.10 Å². The maximum absolute atomic E-state index is 13.9. The molecule has 0 saturated carbocycles. The third kappa shape index (κ3) is 4.32. The number of nitrogens with zero attached hydrogens (tertiary/aromatic N) is 3. The summed E-state index contributed by atoms with van der Waals surface area (Å²) in [5, 5.41) is 6.24. The summed E-state index contributed by atoms with van der Waals surface area (Å²) in [5.74, 6) is 0.359. The monoisotopic (exact) mass is 395 g/mol. The maximum Gasteiger partial charge on any atom is 0.257 e. The number of piperidine rings is 1. The molecular weight excluding hydrogens is 369 g/mol. The normalized spacial score (nSPS) is 19.9. The molecule has 2 aliphatic rings. The van der Waals surface area contributed by atoms with Crippen molar-refractivity contribution in [3.63, 3.8) is 0 Å². The molecule has 5 nitrogen and oxygen atoms in total. The van der Waals surface area contributed by atoms with Crippen molar-refractivity contribution in [1.29, 1.82) is 0 Å². The number of halogens is 1. The molecule has 6 heteroatoms. The molecule has 0 bridgehead atoms. The molecule has 1 amide bonds. The number of hydrogen-bond acceptors (Lipinski definition) is 4. The first-order chi connectivity index (χ1) is 14.2. The number of ether oxygens (including phenoxy) is 1. The summed E-state index contributed by atoms with van der Waals surface area (Å²) in [6.07, 6.45) is 3.98. The molecule has 0 spiro atoms. The molecule has 152 valence electrons. The number of carbonyl (C=O) groups excluding carboxylic acids is 1. The highest BCUT2D eigenvalue weighted by Crippen LogP contribution is 2.35. The fourth-order valence-corrected chi connectivity index (χ4v) is 4.14. The second kappa shape index (κ2) is 8.74. The van der Waals surface area contributed by atoms with Crippen LogP contribution in [0.15, 0.2) is 53.6 Å². The van der Waals surface area contributed by atoms with Crippen molar-refractivity contribution in [2.75, 3.05) is 26.7 Å². The molecule has 29 heavy (non-hydrogen) atoms. The first kappa shape index (κ1) is 19.6. The minimum Gasteiger partial charge on any atom is -0.496 e. The number of carbonyl (C=O) groups is 1. The lowest BCUT2D eigenvalue weighted by Gasteiger charge is -2.29. The Bertz CT molecular complexity index is 909. The highest BCUT2D eigenvalue weighted by Gasteiger charge is 2.34. The molecule has 0 unspecified atom stereocenters. The van der Waals surface area contributed by atoms with E-state index >= 15 is 0 Å². The number of hydrazone groups is 1. The van der Waals surface area contributed by atoms with Crippen LogP contribution < -0.4 is 4.74 Å². The summed E-state index contributed by atoms with van der Waals surface area (Å²) in [5.41, 5.74) is 2.40. The van der Waals surface area contributed by atoms with Crippen molar-refractivity contribution in [1.82, 2.24) is 9.91 Å². The van der Waals surface area contributed by atoms with E-state index in [-0.39, 0.29) is 17.8 Å². The molecule has 1 saturated heterocycles. The lowest BCUT2D eigenvalue weighted by molar-refractivity contribution is -0.134. The van der Waals surface area contributed by atoms with Gasteiger partial charge in [0.1, 0.15) is 11.6 Å². The van der Waals surface area contributed by atoms with Gasteiger partial charge in [-0.05, 0) is 55.8 Å². The van der Waals surface area contributed by atoms with Crippen molar-refractivity contribution in [2.45, 2.75) is 31.7 Å². The molecular formula is C23H26FN3O2. The predicted molar refractivity (Wildman–Crippen MR) is 110 cm³/mol. The number of benzene rings is 2. The van der Waals surface area contributed by atoms with E-state index in [4.69, 9.17) is 9.84 Å². The average Bonchev–Trinajstić information content (AvgIpc) is 3.20. The van der Waals surface area contributed by atoms with Crippen LogP contribution in [0.5, 0.6) is 5.75 Å². The zero-order valence-electron chi connectivity index (χ0n) is 16.7. The second-order valence-electron chi connectivity index (χ2n) is 7.60. The molecule has 0 N–H and O–H groups in total. The summed E-state index contributed by atoms with van der Waals surface area (Å²) in [7, 11) is 1.62. The number of para-hydroxylation sites is 1. The van der Waals surface area contributed by atoms with Crippen LogP contribution in [-0.2, 0) is 4.79 Å². The highest BCUT2D eigenvalue weighted by molar-refractivity contribution is 6.05. The van der Waals surface area contributed by atoms with Crippen LogP contribution in [0, 0.1) is 5.82 Å². The fourth-order valence-electron chi connectivity index (χ4n) is 4.14. The molecule has 2 aromatic rings. The molecule has 0 aromatic heterocycles. The molecule has 2 heterocycles. The number of amides is 1. The Kier molecular flexibility index (Phi) is 5.90. The highest BCUT2D eigenvalue weighted by atomic mass is 19.1. The summed E-state index contributed by atoms with van der Waals surface area (Å²) < 4.78 is 19.4. The maximum atomic E-state index is 13.9. The van der Waals surface area contributed by atoms with Gasteiger partial charge in [0.25, 0.3) is 5.91 Å². The van der Waals surface area contributed by atoms with E-state index < -0.39 is 0 Å². The van der Waals surface area contributed by atoms with Crippen molar-refractivity contribution in [3.05, 3.63) is 65.5 Å². The SMILES string of the molecule is COc1ccccc1C1=NN(C(=O)CN2CCCCC2)[C@H](c2cccc(F)c2)C1. The van der Waals surface area contributed by atoms with Crippen molar-refractivity contribution in [3.8, 4) is 5.75 Å². The van der Waals surface area contributed by atoms with Gasteiger partial charge in [0.15, 0.2) is 0 Å². The van der Waals surface area contributed by atoms with Gasteiger partial charge in [-0.2, -0.15) is 5.10 Å². The zero-order valence-corrected chi connectivity index (χ0v) is 16.7. The van der Waals surface area contributed by atoms with Gasteiger partial charge in [-0.25, -0.2) is 9.40 Å². The first-order valence-electron chi connectivity index (χ1n) is 10.2. The molecule has 1 fully saturated rings. The van der Waals surface area contributed by atoms with Crippen LogP contribution in [0.25, 0.3) is 0 Å². The first-order valence-corrected chi connectivity index (χ1v) is 10.2. The van der Waals surface area contributed by atoms with Gasteiger partial charge in [0.2, 0.25) is 0 Å². The summed E-state index contributed by atoms with van der Waals surface area (Å²) in [4.78, 5) is 15.4. The molecule has 4 rings (SSSR count). The van der Waals surface area contributed by atoms with Gasteiger partial charge < -0.3 is 4.74 Å². The van der Waals surface area contributed by atoms with E-state index in [9.17, 15) is 9.18 Å². The lowest BCUT2D eigenvalue weighted by Crippen LogP contribution is -2.40. The minimum atomic E-state index is -0.317. The van der Waals surface area contributed by atoms with E-state index in [1.807, 2.05) is 30.3 Å². The van der Waals surface area contributed by atoms with Gasteiger partial charge in [-0.15, -0.1) is 0 Å². The molecule has 2 aromatic carbocycles. The molecule has 1 atom stereocenters. The quantitative estimate of drug-likeness (QED) is 0.769. The van der Waals surface area contributed by atoms with Crippen molar-refractivity contribution >= 4 is 11.6 Å². The van der Waals surface area contributed by atoms with E-state index in [0.717, 1.165) is 48.5 Å². The summed E-state index contributed by atoms with van der Waals surface area (Å²) in [6.45, 7) is 2.22.